The fourth-order valence-electron chi connectivity index (χ4n) is 2.14. The van der Waals surface area contributed by atoms with E-state index in [1.165, 1.54) is 0 Å². The molecule has 0 amide bonds. The van der Waals surface area contributed by atoms with Gasteiger partial charge in [-0.3, -0.25) is 0 Å². The minimum Gasteiger partial charge on any atom is -0.454 e. The van der Waals surface area contributed by atoms with Crippen molar-refractivity contribution in [3.63, 3.8) is 0 Å². The maximum atomic E-state index is 5.38. The summed E-state index contributed by atoms with van der Waals surface area (Å²) in [5.74, 6) is 2.54. The molecule has 0 spiro atoms. The van der Waals surface area contributed by atoms with Gasteiger partial charge in [0.25, 0.3) is 0 Å². The summed E-state index contributed by atoms with van der Waals surface area (Å²) >= 11 is 0. The highest BCUT2D eigenvalue weighted by Gasteiger charge is 2.13. The fraction of sp³-hybridized carbons (Fsp3) is 0.267. The lowest BCUT2D eigenvalue weighted by Gasteiger charge is -2.17. The highest BCUT2D eigenvalue weighted by molar-refractivity contribution is 5.64. The van der Waals surface area contributed by atoms with Gasteiger partial charge in [-0.15, -0.1) is 0 Å². The molecule has 1 N–H and O–H groups in total. The summed E-state index contributed by atoms with van der Waals surface area (Å²) in [5, 5.41) is 3.40. The first-order valence-electron chi connectivity index (χ1n) is 6.49. The van der Waals surface area contributed by atoms with E-state index in [1.54, 1.807) is 6.20 Å². The zero-order valence-electron chi connectivity index (χ0n) is 11.6. The molecule has 5 nitrogen and oxygen atoms in total. The Kier molecular flexibility index (Phi) is 3.33. The zero-order chi connectivity index (χ0) is 13.9. The van der Waals surface area contributed by atoms with E-state index in [9.17, 15) is 0 Å². The van der Waals surface area contributed by atoms with Gasteiger partial charge in [0.2, 0.25) is 6.79 Å². The number of hydrogen-bond donors (Lipinski definition) is 1. The van der Waals surface area contributed by atoms with Gasteiger partial charge in [0.05, 0.1) is 5.69 Å². The number of nitrogens with zero attached hydrogens (tertiary/aromatic N) is 2. The monoisotopic (exact) mass is 271 g/mol. The Balaban J connectivity index is 1.74. The molecule has 2 aromatic rings. The van der Waals surface area contributed by atoms with Gasteiger partial charge in [-0.05, 0) is 29.8 Å². The molecule has 0 bridgehead atoms. The highest BCUT2D eigenvalue weighted by Crippen LogP contribution is 2.32. The Morgan fingerprint density at radius 2 is 2.05 bits per heavy atom. The normalized spacial score (nSPS) is 12.3. The van der Waals surface area contributed by atoms with Crippen molar-refractivity contribution in [2.45, 2.75) is 6.54 Å². The maximum Gasteiger partial charge on any atom is 0.231 e. The molecule has 0 aliphatic carbocycles. The molecule has 0 saturated carbocycles. The molecule has 1 aliphatic heterocycles. The summed E-state index contributed by atoms with van der Waals surface area (Å²) < 4.78 is 10.7. The van der Waals surface area contributed by atoms with Crippen LogP contribution in [0.2, 0.25) is 0 Å². The molecule has 20 heavy (non-hydrogen) atoms. The first-order chi connectivity index (χ1) is 9.74. The van der Waals surface area contributed by atoms with Crippen LogP contribution in [0.15, 0.2) is 36.5 Å². The van der Waals surface area contributed by atoms with Crippen LogP contribution in [-0.2, 0) is 6.54 Å². The van der Waals surface area contributed by atoms with Gasteiger partial charge < -0.3 is 19.7 Å². The summed E-state index contributed by atoms with van der Waals surface area (Å²) in [7, 11) is 3.96. The summed E-state index contributed by atoms with van der Waals surface area (Å²) in [6.07, 6.45) is 1.79. The van der Waals surface area contributed by atoms with E-state index in [0.717, 1.165) is 28.6 Å². The molecule has 0 radical (unpaired) electrons. The van der Waals surface area contributed by atoms with Gasteiger partial charge >= 0.3 is 0 Å². The smallest absolute Gasteiger partial charge is 0.231 e. The number of pyridine rings is 1. The van der Waals surface area contributed by atoms with Gasteiger partial charge in [0, 0.05) is 26.8 Å². The van der Waals surface area contributed by atoms with Gasteiger partial charge in [-0.2, -0.15) is 0 Å². The molecular weight excluding hydrogens is 254 g/mol. The molecule has 1 aromatic heterocycles. The van der Waals surface area contributed by atoms with E-state index in [-0.39, 0.29) is 0 Å². The van der Waals surface area contributed by atoms with E-state index in [0.29, 0.717) is 13.3 Å². The van der Waals surface area contributed by atoms with E-state index < -0.39 is 0 Å². The topological polar surface area (TPSA) is 46.6 Å². The number of anilines is 2. The van der Waals surface area contributed by atoms with Crippen molar-refractivity contribution in [2.75, 3.05) is 31.1 Å². The maximum absolute atomic E-state index is 5.38. The van der Waals surface area contributed by atoms with Crippen LogP contribution in [-0.4, -0.2) is 25.9 Å². The van der Waals surface area contributed by atoms with Crippen LogP contribution in [0.5, 0.6) is 11.5 Å². The lowest BCUT2D eigenvalue weighted by molar-refractivity contribution is 0.174. The van der Waals surface area contributed by atoms with Crippen LogP contribution in [0.25, 0.3) is 0 Å². The molecule has 5 heteroatoms. The van der Waals surface area contributed by atoms with Crippen molar-refractivity contribution in [1.29, 1.82) is 0 Å². The van der Waals surface area contributed by atoms with Crippen molar-refractivity contribution in [1.82, 2.24) is 4.98 Å². The molecule has 0 fully saturated rings. The van der Waals surface area contributed by atoms with Crippen molar-refractivity contribution in [2.24, 2.45) is 0 Å². The van der Waals surface area contributed by atoms with E-state index >= 15 is 0 Å². The molecule has 0 unspecified atom stereocenters. The minimum absolute atomic E-state index is 0.305. The van der Waals surface area contributed by atoms with E-state index in [4.69, 9.17) is 9.47 Å². The van der Waals surface area contributed by atoms with Gasteiger partial charge in [-0.1, -0.05) is 6.07 Å². The van der Waals surface area contributed by atoms with Crippen LogP contribution in [0.1, 0.15) is 5.56 Å². The average molecular weight is 271 g/mol. The fourth-order valence-corrected chi connectivity index (χ4v) is 2.14. The minimum atomic E-state index is 0.305. The Morgan fingerprint density at radius 3 is 2.90 bits per heavy atom. The standard InChI is InChI=1S/C15H17N3O2/c1-18(2)15-12(4-3-7-16-15)17-9-11-5-6-13-14(8-11)20-10-19-13/h3-8,17H,9-10H2,1-2H3. The van der Waals surface area contributed by atoms with E-state index in [1.807, 2.05) is 49.3 Å². The van der Waals surface area contributed by atoms with Crippen LogP contribution < -0.4 is 19.7 Å². The Labute approximate surface area is 118 Å². The zero-order valence-corrected chi connectivity index (χ0v) is 11.6. The number of ether oxygens (including phenoxy) is 2. The van der Waals surface area contributed by atoms with Crippen LogP contribution in [0.4, 0.5) is 11.5 Å². The molecule has 1 aromatic carbocycles. The summed E-state index contributed by atoms with van der Waals surface area (Å²) in [5.41, 5.74) is 2.15. The number of rotatable bonds is 4. The second-order valence-electron chi connectivity index (χ2n) is 4.81. The number of fused-ring (bicyclic) bond motifs is 1. The molecule has 2 heterocycles. The van der Waals surface area contributed by atoms with Crippen LogP contribution >= 0.6 is 0 Å². The van der Waals surface area contributed by atoms with Crippen LogP contribution in [0, 0.1) is 0 Å². The number of benzene rings is 1. The highest BCUT2D eigenvalue weighted by atomic mass is 16.7. The second-order valence-corrected chi connectivity index (χ2v) is 4.81. The summed E-state index contributed by atoms with van der Waals surface area (Å²) in [4.78, 5) is 6.36. The number of aromatic nitrogens is 1. The lowest BCUT2D eigenvalue weighted by Crippen LogP contribution is -2.13. The second kappa shape index (κ2) is 5.28. The third-order valence-electron chi connectivity index (χ3n) is 3.13. The molecule has 0 saturated heterocycles. The molecular formula is C15H17N3O2. The van der Waals surface area contributed by atoms with Gasteiger partial charge in [-0.25, -0.2) is 4.98 Å². The quantitative estimate of drug-likeness (QED) is 0.925. The van der Waals surface area contributed by atoms with Gasteiger partial charge in [0.1, 0.15) is 0 Å². The van der Waals surface area contributed by atoms with Crippen molar-refractivity contribution in [3.8, 4) is 11.5 Å². The first-order valence-corrected chi connectivity index (χ1v) is 6.49. The molecule has 0 atom stereocenters. The Hall–Kier alpha value is -2.43. The Morgan fingerprint density at radius 1 is 1.20 bits per heavy atom. The van der Waals surface area contributed by atoms with Crippen molar-refractivity contribution >= 4 is 11.5 Å². The number of hydrogen-bond acceptors (Lipinski definition) is 5. The first kappa shape index (κ1) is 12.6. The summed E-state index contributed by atoms with van der Waals surface area (Å²) in [6, 6.07) is 9.92. The van der Waals surface area contributed by atoms with Gasteiger partial charge in [0.15, 0.2) is 17.3 Å². The molecule has 104 valence electrons. The van der Waals surface area contributed by atoms with E-state index in [2.05, 4.69) is 10.3 Å². The SMILES string of the molecule is CN(C)c1ncccc1NCc1ccc2c(c1)OCO2. The van der Waals surface area contributed by atoms with Crippen molar-refractivity contribution in [3.05, 3.63) is 42.1 Å². The third-order valence-corrected chi connectivity index (χ3v) is 3.13. The molecule has 1 aliphatic rings. The number of nitrogens with one attached hydrogen (secondary N) is 1. The largest absolute Gasteiger partial charge is 0.454 e. The summed E-state index contributed by atoms with van der Waals surface area (Å²) in [6.45, 7) is 1.02. The average Bonchev–Trinajstić information content (AvgIpc) is 2.92. The van der Waals surface area contributed by atoms with Crippen LogP contribution in [0.3, 0.4) is 0 Å². The molecule has 3 rings (SSSR count). The lowest BCUT2D eigenvalue weighted by atomic mass is 10.2. The predicted molar refractivity (Wildman–Crippen MR) is 78.5 cm³/mol. The van der Waals surface area contributed by atoms with Crippen molar-refractivity contribution < 1.29 is 9.47 Å². The third kappa shape index (κ3) is 2.47. The Bertz CT molecular complexity index is 614. The predicted octanol–water partition coefficient (Wildman–Crippen LogP) is 2.49.